The number of carbonyl (C=O) groups is 1. The summed E-state index contributed by atoms with van der Waals surface area (Å²) in [5.74, 6) is 1.75. The number of thioether (sulfide) groups is 1. The molecule has 2 aliphatic rings. The minimum atomic E-state index is -3.05. The van der Waals surface area contributed by atoms with E-state index in [-0.39, 0.29) is 23.2 Å². The predicted molar refractivity (Wildman–Crippen MR) is 121 cm³/mol. The molecule has 2 aromatic heterocycles. The van der Waals surface area contributed by atoms with Crippen molar-refractivity contribution in [2.24, 2.45) is 13.0 Å². The molecule has 1 fully saturated rings. The Bertz CT molecular complexity index is 1060. The second kappa shape index (κ2) is 8.27. The minimum absolute atomic E-state index is 0.00640. The minimum Gasteiger partial charge on any atom is -0.349 e. The summed E-state index contributed by atoms with van der Waals surface area (Å²) < 4.78 is 25.4. The Balaban J connectivity index is 1.40. The van der Waals surface area contributed by atoms with Crippen LogP contribution in [0.25, 0.3) is 10.7 Å². The van der Waals surface area contributed by atoms with E-state index in [0.717, 1.165) is 29.5 Å². The third kappa shape index (κ3) is 4.60. The first-order chi connectivity index (χ1) is 14.2. The standard InChI is InChI=1S/C20H28N4O3S3/c1-4-13-5-6-15-14(9-13)10-16(29-15)18-22-23-19(24(18)3)28-11-17(25)21-20(2)7-8-30(26,27)12-20/h10,13H,4-9,11-12H2,1-3H3,(H,21,25)/t13-,20-/m0/s1. The van der Waals surface area contributed by atoms with Gasteiger partial charge in [-0.1, -0.05) is 25.1 Å². The molecule has 3 heterocycles. The van der Waals surface area contributed by atoms with Crippen LogP contribution in [-0.2, 0) is 34.5 Å². The highest BCUT2D eigenvalue weighted by molar-refractivity contribution is 7.99. The number of hydrogen-bond donors (Lipinski definition) is 1. The summed E-state index contributed by atoms with van der Waals surface area (Å²) in [5.41, 5.74) is 0.776. The summed E-state index contributed by atoms with van der Waals surface area (Å²) >= 11 is 3.13. The fourth-order valence-corrected chi connectivity index (χ4v) is 8.36. The van der Waals surface area contributed by atoms with E-state index in [1.54, 1.807) is 18.3 Å². The van der Waals surface area contributed by atoms with Crippen molar-refractivity contribution < 1.29 is 13.2 Å². The van der Waals surface area contributed by atoms with Gasteiger partial charge < -0.3 is 9.88 Å². The monoisotopic (exact) mass is 468 g/mol. The summed E-state index contributed by atoms with van der Waals surface area (Å²) in [6, 6.07) is 2.26. The third-order valence-corrected chi connectivity index (χ3v) is 10.3. The fourth-order valence-electron chi connectivity index (χ4n) is 4.32. The molecule has 0 saturated carbocycles. The number of nitrogens with one attached hydrogen (secondary N) is 1. The van der Waals surface area contributed by atoms with Crippen molar-refractivity contribution >= 4 is 38.8 Å². The molecule has 30 heavy (non-hydrogen) atoms. The Morgan fingerprint density at radius 2 is 2.23 bits per heavy atom. The average Bonchev–Trinajstić information content (AvgIpc) is 3.34. The molecule has 0 unspecified atom stereocenters. The van der Waals surface area contributed by atoms with Crippen molar-refractivity contribution in [3.8, 4) is 10.7 Å². The van der Waals surface area contributed by atoms with Crippen LogP contribution in [0.2, 0.25) is 0 Å². The third-order valence-electron chi connectivity index (χ3n) is 6.09. The van der Waals surface area contributed by atoms with E-state index in [9.17, 15) is 13.2 Å². The number of thiophene rings is 1. The first-order valence-corrected chi connectivity index (χ1v) is 14.0. The predicted octanol–water partition coefficient (Wildman–Crippen LogP) is 2.84. The normalized spacial score (nSPS) is 25.2. The van der Waals surface area contributed by atoms with Gasteiger partial charge in [0.1, 0.15) is 0 Å². The van der Waals surface area contributed by atoms with Crippen LogP contribution in [0.3, 0.4) is 0 Å². The number of amides is 1. The molecule has 1 N–H and O–H groups in total. The Morgan fingerprint density at radius 1 is 1.43 bits per heavy atom. The van der Waals surface area contributed by atoms with Crippen LogP contribution in [0.5, 0.6) is 0 Å². The lowest BCUT2D eigenvalue weighted by Gasteiger charge is -2.23. The lowest BCUT2D eigenvalue weighted by Crippen LogP contribution is -2.47. The lowest BCUT2D eigenvalue weighted by molar-refractivity contribution is -0.120. The molecule has 7 nitrogen and oxygen atoms in total. The van der Waals surface area contributed by atoms with Crippen LogP contribution in [0.15, 0.2) is 11.2 Å². The smallest absolute Gasteiger partial charge is 0.230 e. The summed E-state index contributed by atoms with van der Waals surface area (Å²) in [6.07, 6.45) is 5.24. The zero-order valence-corrected chi connectivity index (χ0v) is 20.1. The molecule has 1 amide bonds. The Morgan fingerprint density at radius 3 is 2.93 bits per heavy atom. The van der Waals surface area contributed by atoms with Crippen LogP contribution in [-0.4, -0.2) is 51.9 Å². The SMILES string of the molecule is CC[C@H]1CCc2sc(-c3nnc(SCC(=O)N[C@@]4(C)CCS(=O)(=O)C4)n3C)cc2C1. The average molecular weight is 469 g/mol. The van der Waals surface area contributed by atoms with Crippen molar-refractivity contribution in [3.05, 3.63) is 16.5 Å². The Hall–Kier alpha value is -1.39. The molecule has 0 bridgehead atoms. The van der Waals surface area contributed by atoms with Gasteiger partial charge in [0.25, 0.3) is 0 Å². The molecule has 0 aromatic carbocycles. The molecule has 2 atom stereocenters. The van der Waals surface area contributed by atoms with Gasteiger partial charge in [-0.3, -0.25) is 4.79 Å². The quantitative estimate of drug-likeness (QED) is 0.655. The highest BCUT2D eigenvalue weighted by atomic mass is 32.2. The van der Waals surface area contributed by atoms with Gasteiger partial charge in [0.15, 0.2) is 20.8 Å². The zero-order valence-electron chi connectivity index (χ0n) is 17.6. The van der Waals surface area contributed by atoms with Crippen LogP contribution in [0.1, 0.15) is 43.6 Å². The van der Waals surface area contributed by atoms with Crippen molar-refractivity contribution in [1.82, 2.24) is 20.1 Å². The van der Waals surface area contributed by atoms with Gasteiger partial charge >= 0.3 is 0 Å². The van der Waals surface area contributed by atoms with Crippen molar-refractivity contribution in [1.29, 1.82) is 0 Å². The van der Waals surface area contributed by atoms with E-state index in [4.69, 9.17) is 0 Å². The number of aryl methyl sites for hydroxylation is 1. The van der Waals surface area contributed by atoms with E-state index in [1.165, 1.54) is 35.0 Å². The van der Waals surface area contributed by atoms with E-state index < -0.39 is 15.4 Å². The summed E-state index contributed by atoms with van der Waals surface area (Å²) in [7, 11) is -1.13. The maximum Gasteiger partial charge on any atom is 0.230 e. The Kier molecular flexibility index (Phi) is 6.02. The lowest BCUT2D eigenvalue weighted by atomic mass is 9.87. The van der Waals surface area contributed by atoms with Gasteiger partial charge in [0, 0.05) is 11.9 Å². The van der Waals surface area contributed by atoms with Gasteiger partial charge in [-0.2, -0.15) is 0 Å². The number of aromatic nitrogens is 3. The van der Waals surface area contributed by atoms with Crippen molar-refractivity contribution in [3.63, 3.8) is 0 Å². The topological polar surface area (TPSA) is 94.0 Å². The van der Waals surface area contributed by atoms with E-state index >= 15 is 0 Å². The molecule has 1 aliphatic heterocycles. The summed E-state index contributed by atoms with van der Waals surface area (Å²) in [5, 5.41) is 12.2. The van der Waals surface area contributed by atoms with Gasteiger partial charge in [0.2, 0.25) is 5.91 Å². The Labute approximate surface area is 186 Å². The second-order valence-corrected chi connectivity index (χ2v) is 12.9. The van der Waals surface area contributed by atoms with E-state index in [1.807, 2.05) is 11.6 Å². The molecular weight excluding hydrogens is 440 g/mol. The number of carbonyl (C=O) groups excluding carboxylic acids is 1. The number of fused-ring (bicyclic) bond motifs is 1. The van der Waals surface area contributed by atoms with Gasteiger partial charge in [-0.05, 0) is 50.2 Å². The summed E-state index contributed by atoms with van der Waals surface area (Å²) in [4.78, 5) is 15.0. The molecule has 164 valence electrons. The van der Waals surface area contributed by atoms with Crippen LogP contribution < -0.4 is 5.32 Å². The number of hydrogen-bond acceptors (Lipinski definition) is 7. The van der Waals surface area contributed by atoms with Gasteiger partial charge in [0.05, 0.1) is 27.7 Å². The van der Waals surface area contributed by atoms with Crippen molar-refractivity contribution in [2.75, 3.05) is 17.3 Å². The highest BCUT2D eigenvalue weighted by Gasteiger charge is 2.39. The zero-order chi connectivity index (χ0) is 21.5. The molecular formula is C20H28N4O3S3. The van der Waals surface area contributed by atoms with E-state index in [2.05, 4.69) is 28.5 Å². The number of sulfone groups is 1. The maximum atomic E-state index is 12.4. The molecule has 2 aromatic rings. The maximum absolute atomic E-state index is 12.4. The fraction of sp³-hybridized carbons (Fsp3) is 0.650. The molecule has 4 rings (SSSR count). The van der Waals surface area contributed by atoms with Crippen LogP contribution in [0, 0.1) is 5.92 Å². The second-order valence-electron chi connectivity index (χ2n) is 8.68. The largest absolute Gasteiger partial charge is 0.349 e. The summed E-state index contributed by atoms with van der Waals surface area (Å²) in [6.45, 7) is 4.06. The van der Waals surface area contributed by atoms with Crippen LogP contribution in [0.4, 0.5) is 0 Å². The first-order valence-electron chi connectivity index (χ1n) is 10.3. The molecule has 0 radical (unpaired) electrons. The van der Waals surface area contributed by atoms with Gasteiger partial charge in [-0.15, -0.1) is 21.5 Å². The first kappa shape index (κ1) is 21.8. The number of nitrogens with zero attached hydrogens (tertiary/aromatic N) is 3. The number of rotatable bonds is 6. The van der Waals surface area contributed by atoms with E-state index in [0.29, 0.717) is 11.6 Å². The molecule has 10 heteroatoms. The molecule has 1 saturated heterocycles. The van der Waals surface area contributed by atoms with Crippen molar-refractivity contribution in [2.45, 2.75) is 56.6 Å². The molecule has 1 aliphatic carbocycles. The van der Waals surface area contributed by atoms with Gasteiger partial charge in [-0.25, -0.2) is 8.42 Å². The molecule has 0 spiro atoms. The van der Waals surface area contributed by atoms with Crippen LogP contribution >= 0.6 is 23.1 Å². The highest BCUT2D eigenvalue weighted by Crippen LogP contribution is 2.38.